The first kappa shape index (κ1) is 48.9. The molecule has 6 rings (SSSR count). The largest absolute Gasteiger partial charge is 0.459 e. The number of aromatic amines is 1. The average Bonchev–Trinajstić information content (AvgIpc) is 3.34. The van der Waals surface area contributed by atoms with Gasteiger partial charge in [-0.3, -0.25) is 24.0 Å². The highest BCUT2D eigenvalue weighted by atomic mass is 16.6. The number of H-pyrrole nitrogens is 1. The molecule has 0 saturated carbocycles. The molecular weight excluding hydrogens is 813 g/mol. The van der Waals surface area contributed by atoms with Gasteiger partial charge in [-0.05, 0) is 54.3 Å². The van der Waals surface area contributed by atoms with Crippen LogP contribution < -0.4 is 16.6 Å². The molecule has 65 heavy (non-hydrogen) atoms. The van der Waals surface area contributed by atoms with E-state index in [1.807, 2.05) is 54.6 Å². The number of amides is 1. The van der Waals surface area contributed by atoms with E-state index in [1.165, 1.54) is 101 Å². The standard InChI is InChI=1S/C55H70N4O6/c1-3-4-5-6-7-8-9-10-11-12-13-14-15-16-17-27-38-56-52(61)44-34-36-45(37-35-44)53(62)64-42-49-40-58(41-50(65-49)59-39-43(2)51(60)57-54(59)63)55(46-28-21-18-22-29-46,47-30-23-19-24-31-47)48-32-25-20-26-33-48/h18-26,28-37,39,49-50H,3-17,27,38,40-42H2,1-2H3,(H,56,61)(H,57,60,63)/t49-,50+/m0/s1. The van der Waals surface area contributed by atoms with E-state index in [0.717, 1.165) is 29.5 Å². The van der Waals surface area contributed by atoms with Crippen molar-refractivity contribution >= 4 is 11.9 Å². The molecule has 1 aromatic heterocycles. The minimum atomic E-state index is -0.850. The number of aryl methyl sites for hydroxylation is 1. The summed E-state index contributed by atoms with van der Waals surface area (Å²) in [6.45, 7) is 5.01. The molecule has 10 heteroatoms. The molecule has 1 amide bonds. The van der Waals surface area contributed by atoms with Crippen molar-refractivity contribution in [2.75, 3.05) is 26.2 Å². The third kappa shape index (κ3) is 13.7. The van der Waals surface area contributed by atoms with Gasteiger partial charge < -0.3 is 14.8 Å². The Balaban J connectivity index is 1.04. The van der Waals surface area contributed by atoms with Gasteiger partial charge in [-0.1, -0.05) is 194 Å². The summed E-state index contributed by atoms with van der Waals surface area (Å²) in [6, 6.07) is 37.1. The van der Waals surface area contributed by atoms with E-state index < -0.39 is 35.1 Å². The molecule has 1 fully saturated rings. The summed E-state index contributed by atoms with van der Waals surface area (Å²) in [7, 11) is 0. The zero-order chi connectivity index (χ0) is 45.7. The van der Waals surface area contributed by atoms with E-state index in [1.54, 1.807) is 31.2 Å². The van der Waals surface area contributed by atoms with Gasteiger partial charge in [0.05, 0.1) is 11.1 Å². The highest BCUT2D eigenvalue weighted by Crippen LogP contribution is 2.44. The number of nitrogens with one attached hydrogen (secondary N) is 2. The van der Waals surface area contributed by atoms with Gasteiger partial charge in [0.1, 0.15) is 12.7 Å². The number of ether oxygens (including phenoxy) is 2. The predicted molar refractivity (Wildman–Crippen MR) is 259 cm³/mol. The van der Waals surface area contributed by atoms with Crippen LogP contribution in [0.5, 0.6) is 0 Å². The number of benzene rings is 4. The van der Waals surface area contributed by atoms with Crippen molar-refractivity contribution < 1.29 is 19.1 Å². The zero-order valence-electron chi connectivity index (χ0n) is 38.7. The number of hydrogen-bond donors (Lipinski definition) is 2. The van der Waals surface area contributed by atoms with E-state index in [2.05, 4.69) is 58.5 Å². The summed E-state index contributed by atoms with van der Waals surface area (Å²) in [4.78, 5) is 57.0. The maximum atomic E-state index is 13.6. The van der Waals surface area contributed by atoms with Crippen LogP contribution >= 0.6 is 0 Å². The fraction of sp³-hybridized carbons (Fsp3) is 0.455. The van der Waals surface area contributed by atoms with Crippen molar-refractivity contribution in [1.82, 2.24) is 19.8 Å². The Hall–Kier alpha value is -5.58. The summed E-state index contributed by atoms with van der Waals surface area (Å²) in [5.41, 5.74) is 2.27. The van der Waals surface area contributed by atoms with E-state index >= 15 is 0 Å². The molecule has 10 nitrogen and oxygen atoms in total. The number of unbranched alkanes of at least 4 members (excludes halogenated alkanes) is 15. The molecular formula is C55H70N4O6. The summed E-state index contributed by atoms with van der Waals surface area (Å²) in [6.07, 6.45) is 20.9. The quantitative estimate of drug-likeness (QED) is 0.0322. The van der Waals surface area contributed by atoms with Gasteiger partial charge in [-0.25, -0.2) is 9.59 Å². The van der Waals surface area contributed by atoms with E-state index in [0.29, 0.717) is 29.8 Å². The third-order valence-electron chi connectivity index (χ3n) is 12.8. The zero-order valence-corrected chi connectivity index (χ0v) is 38.7. The van der Waals surface area contributed by atoms with Crippen molar-refractivity contribution in [1.29, 1.82) is 0 Å². The molecule has 2 atom stereocenters. The normalized spacial score (nSPS) is 15.4. The van der Waals surface area contributed by atoms with Crippen molar-refractivity contribution in [3.63, 3.8) is 0 Å². The molecule has 0 aliphatic carbocycles. The molecule has 5 aromatic rings. The Morgan fingerprint density at radius 3 is 1.60 bits per heavy atom. The first-order valence-corrected chi connectivity index (χ1v) is 24.3. The number of morpholine rings is 1. The number of hydrogen-bond acceptors (Lipinski definition) is 7. The maximum Gasteiger partial charge on any atom is 0.338 e. The monoisotopic (exact) mass is 883 g/mol. The minimum Gasteiger partial charge on any atom is -0.459 e. The highest BCUT2D eigenvalue weighted by Gasteiger charge is 2.46. The van der Waals surface area contributed by atoms with Crippen molar-refractivity contribution in [2.24, 2.45) is 0 Å². The minimum absolute atomic E-state index is 0.112. The van der Waals surface area contributed by atoms with Crippen LogP contribution in [-0.2, 0) is 15.0 Å². The van der Waals surface area contributed by atoms with Gasteiger partial charge in [0, 0.05) is 37.0 Å². The van der Waals surface area contributed by atoms with Crippen molar-refractivity contribution in [2.45, 2.75) is 134 Å². The number of carbonyl (C=O) groups excluding carboxylic acids is 2. The smallest absolute Gasteiger partial charge is 0.338 e. The Morgan fingerprint density at radius 1 is 0.646 bits per heavy atom. The van der Waals surface area contributed by atoms with Gasteiger partial charge in [0.25, 0.3) is 11.5 Å². The number of carbonyl (C=O) groups is 2. The van der Waals surface area contributed by atoms with E-state index in [4.69, 9.17) is 9.47 Å². The Kier molecular flexibility index (Phi) is 19.4. The maximum absolute atomic E-state index is 13.6. The molecule has 346 valence electrons. The molecule has 0 spiro atoms. The van der Waals surface area contributed by atoms with Crippen molar-refractivity contribution in [3.8, 4) is 0 Å². The van der Waals surface area contributed by atoms with Gasteiger partial charge in [0.2, 0.25) is 0 Å². The summed E-state index contributed by atoms with van der Waals surface area (Å²) >= 11 is 0. The number of esters is 1. The highest BCUT2D eigenvalue weighted by molar-refractivity contribution is 5.96. The average molecular weight is 883 g/mol. The van der Waals surface area contributed by atoms with Crippen molar-refractivity contribution in [3.05, 3.63) is 176 Å². The molecule has 1 aliphatic rings. The lowest BCUT2D eigenvalue weighted by Crippen LogP contribution is -2.58. The SMILES string of the molecule is CCCCCCCCCCCCCCCCCCNC(=O)c1ccc(C(=O)OC[C@@H]2CN(C(c3ccccc3)(c3ccccc3)c3ccccc3)C[C@H](n3cc(C)c(=O)[nH]c3=O)O2)cc1. The second-order valence-corrected chi connectivity index (χ2v) is 17.6. The number of aromatic nitrogens is 2. The molecule has 1 aliphatic heterocycles. The lowest BCUT2D eigenvalue weighted by Gasteiger charge is -2.50. The molecule has 0 unspecified atom stereocenters. The van der Waals surface area contributed by atoms with Crippen LogP contribution in [0.15, 0.2) is 131 Å². The fourth-order valence-electron chi connectivity index (χ4n) is 9.21. The topological polar surface area (TPSA) is 123 Å². The summed E-state index contributed by atoms with van der Waals surface area (Å²) in [5, 5.41) is 3.02. The first-order chi connectivity index (χ1) is 31.8. The van der Waals surface area contributed by atoms with Gasteiger partial charge in [-0.2, -0.15) is 0 Å². The summed E-state index contributed by atoms with van der Waals surface area (Å²) < 4.78 is 13.9. The van der Waals surface area contributed by atoms with Gasteiger partial charge in [-0.15, -0.1) is 0 Å². The Morgan fingerprint density at radius 2 is 1.11 bits per heavy atom. The van der Waals surface area contributed by atoms with Crippen LogP contribution in [0, 0.1) is 6.92 Å². The molecule has 0 bridgehead atoms. The van der Waals surface area contributed by atoms with E-state index in [9.17, 15) is 19.2 Å². The molecule has 0 radical (unpaired) electrons. The third-order valence-corrected chi connectivity index (χ3v) is 12.8. The van der Waals surface area contributed by atoms with Gasteiger partial charge >= 0.3 is 11.7 Å². The lowest BCUT2D eigenvalue weighted by molar-refractivity contribution is -0.151. The van der Waals surface area contributed by atoms with Crippen LogP contribution in [0.25, 0.3) is 0 Å². The number of rotatable bonds is 26. The Bertz CT molecular complexity index is 2200. The molecule has 4 aromatic carbocycles. The number of nitrogens with zero attached hydrogens (tertiary/aromatic N) is 2. The van der Waals surface area contributed by atoms with Crippen LogP contribution in [0.4, 0.5) is 0 Å². The van der Waals surface area contributed by atoms with Crippen LogP contribution in [-0.4, -0.2) is 58.7 Å². The first-order valence-electron chi connectivity index (χ1n) is 24.3. The van der Waals surface area contributed by atoms with Crippen LogP contribution in [0.1, 0.15) is 159 Å². The fourth-order valence-corrected chi connectivity index (χ4v) is 9.21. The lowest BCUT2D eigenvalue weighted by atomic mass is 9.75. The summed E-state index contributed by atoms with van der Waals surface area (Å²) in [5.74, 6) is -0.723. The van der Waals surface area contributed by atoms with Gasteiger partial charge in [0.15, 0.2) is 6.23 Å². The molecule has 2 heterocycles. The Labute approximate surface area is 385 Å². The second kappa shape index (κ2) is 25.8. The van der Waals surface area contributed by atoms with Crippen LogP contribution in [0.3, 0.4) is 0 Å². The predicted octanol–water partition coefficient (Wildman–Crippen LogP) is 10.9. The second-order valence-electron chi connectivity index (χ2n) is 17.6. The van der Waals surface area contributed by atoms with E-state index in [-0.39, 0.29) is 19.1 Å². The molecule has 2 N–H and O–H groups in total. The molecule has 1 saturated heterocycles. The van der Waals surface area contributed by atoms with Crippen LogP contribution in [0.2, 0.25) is 0 Å².